The number of carbonyl (C=O) groups excluding carboxylic acids is 2. The van der Waals surface area contributed by atoms with Crippen LogP contribution in [-0.4, -0.2) is 71.5 Å². The van der Waals surface area contributed by atoms with Gasteiger partial charge in [-0.15, -0.1) is 0 Å². The fraction of sp³-hybridized carbons (Fsp3) is 0.500. The summed E-state index contributed by atoms with van der Waals surface area (Å²) >= 11 is 0. The maximum Gasteiger partial charge on any atom is 0.253 e. The molecule has 3 aliphatic heterocycles. The number of anilines is 3. The number of piperazine rings is 1. The Bertz CT molecular complexity index is 1030. The molecule has 2 N–H and O–H groups in total. The molecule has 0 aliphatic carbocycles. The second kappa shape index (κ2) is 8.97. The van der Waals surface area contributed by atoms with Gasteiger partial charge in [0.25, 0.3) is 5.91 Å². The van der Waals surface area contributed by atoms with E-state index in [0.717, 1.165) is 75.0 Å². The summed E-state index contributed by atoms with van der Waals surface area (Å²) in [4.78, 5) is 40.5. The van der Waals surface area contributed by atoms with Crippen LogP contribution in [0.1, 0.15) is 42.6 Å². The number of hydrogen-bond acceptors (Lipinski definition) is 7. The molecule has 174 valence electrons. The minimum Gasteiger partial charge on any atom is -0.354 e. The summed E-state index contributed by atoms with van der Waals surface area (Å²) in [5.74, 6) is 1.80. The number of aromatic nitrogens is 2. The third-order valence-electron chi connectivity index (χ3n) is 6.54. The second-order valence-corrected chi connectivity index (χ2v) is 9.35. The first-order valence-corrected chi connectivity index (χ1v) is 11.8. The highest BCUT2D eigenvalue weighted by atomic mass is 16.2. The molecule has 0 aromatic carbocycles. The predicted octanol–water partition coefficient (Wildman–Crippen LogP) is 1.86. The Labute approximate surface area is 194 Å². The van der Waals surface area contributed by atoms with Gasteiger partial charge in [0.05, 0.1) is 11.3 Å². The van der Waals surface area contributed by atoms with Gasteiger partial charge < -0.3 is 20.4 Å². The Kier molecular flexibility index (Phi) is 5.88. The van der Waals surface area contributed by atoms with E-state index in [1.165, 1.54) is 0 Å². The molecule has 2 fully saturated rings. The zero-order valence-corrected chi connectivity index (χ0v) is 19.3. The Hall–Kier alpha value is -3.20. The third kappa shape index (κ3) is 4.50. The first-order chi connectivity index (χ1) is 16.0. The largest absolute Gasteiger partial charge is 0.354 e. The summed E-state index contributed by atoms with van der Waals surface area (Å²) in [6, 6.07) is 5.88. The van der Waals surface area contributed by atoms with Crippen molar-refractivity contribution < 1.29 is 9.59 Å². The van der Waals surface area contributed by atoms with E-state index in [0.29, 0.717) is 5.56 Å². The fourth-order valence-corrected chi connectivity index (χ4v) is 4.86. The third-order valence-corrected chi connectivity index (χ3v) is 6.54. The van der Waals surface area contributed by atoms with Crippen LogP contribution in [0.4, 0.5) is 17.3 Å². The van der Waals surface area contributed by atoms with Gasteiger partial charge in [0.2, 0.25) is 5.91 Å². The van der Waals surface area contributed by atoms with Crippen LogP contribution in [-0.2, 0) is 11.3 Å². The summed E-state index contributed by atoms with van der Waals surface area (Å²) in [5, 5.41) is 5.94. The van der Waals surface area contributed by atoms with E-state index >= 15 is 0 Å². The Morgan fingerprint density at radius 1 is 1.15 bits per heavy atom. The van der Waals surface area contributed by atoms with Gasteiger partial charge in [0.15, 0.2) is 5.82 Å². The molecule has 33 heavy (non-hydrogen) atoms. The molecule has 2 saturated heterocycles. The van der Waals surface area contributed by atoms with Crippen molar-refractivity contribution in [3.63, 3.8) is 0 Å². The molecular formula is C24H31N7O2. The number of fused-ring (bicyclic) bond motifs is 3. The number of pyridine rings is 2. The lowest BCUT2D eigenvalue weighted by Gasteiger charge is -2.36. The fourth-order valence-electron chi connectivity index (χ4n) is 4.86. The summed E-state index contributed by atoms with van der Waals surface area (Å²) in [6.45, 7) is 9.15. The number of hydrogen-bond donors (Lipinski definition) is 2. The zero-order valence-electron chi connectivity index (χ0n) is 19.3. The van der Waals surface area contributed by atoms with Gasteiger partial charge in [-0.1, -0.05) is 0 Å². The molecule has 9 heteroatoms. The molecule has 2 aromatic heterocycles. The van der Waals surface area contributed by atoms with E-state index < -0.39 is 0 Å². The topological polar surface area (TPSA) is 93.7 Å². The average molecular weight is 450 g/mol. The van der Waals surface area contributed by atoms with E-state index in [2.05, 4.69) is 36.4 Å². The van der Waals surface area contributed by atoms with E-state index in [1.54, 1.807) is 6.20 Å². The summed E-state index contributed by atoms with van der Waals surface area (Å²) < 4.78 is 0. The molecule has 3 aliphatic rings. The monoisotopic (exact) mass is 449 g/mol. The van der Waals surface area contributed by atoms with Gasteiger partial charge in [-0.2, -0.15) is 0 Å². The summed E-state index contributed by atoms with van der Waals surface area (Å²) in [5.41, 5.74) is 2.53. The quantitative estimate of drug-likeness (QED) is 0.720. The van der Waals surface area contributed by atoms with E-state index in [-0.39, 0.29) is 23.9 Å². The molecule has 0 spiro atoms. The first-order valence-electron chi connectivity index (χ1n) is 11.8. The molecule has 9 nitrogen and oxygen atoms in total. The van der Waals surface area contributed by atoms with Crippen molar-refractivity contribution >= 4 is 29.1 Å². The van der Waals surface area contributed by atoms with Crippen molar-refractivity contribution in [2.75, 3.05) is 47.8 Å². The molecule has 1 atom stereocenters. The van der Waals surface area contributed by atoms with Crippen molar-refractivity contribution in [3.8, 4) is 0 Å². The molecular weight excluding hydrogens is 418 g/mol. The number of rotatable bonds is 5. The standard InChI is InChI=1S/C24H31N7O2/c1-16(2)27-23(32)18-5-6-21(25-14-18)30-10-8-29(9-11-30)15-17-12-19-22(26-13-17)31-7-3-4-20(31)24(33)28-19/h5-6,12-14,16,20H,3-4,7-11,15H2,1-2H3,(H,27,32)(H,28,33)/t20-/m0/s1. The zero-order chi connectivity index (χ0) is 22.9. The Balaban J connectivity index is 1.17. The van der Waals surface area contributed by atoms with Crippen molar-refractivity contribution in [2.24, 2.45) is 0 Å². The number of nitrogens with one attached hydrogen (secondary N) is 2. The smallest absolute Gasteiger partial charge is 0.253 e. The second-order valence-electron chi connectivity index (χ2n) is 9.35. The first kappa shape index (κ1) is 21.6. The molecule has 2 amide bonds. The van der Waals surface area contributed by atoms with Crippen LogP contribution in [0.2, 0.25) is 0 Å². The van der Waals surface area contributed by atoms with E-state index in [4.69, 9.17) is 4.98 Å². The molecule has 0 saturated carbocycles. The lowest BCUT2D eigenvalue weighted by atomic mass is 10.1. The van der Waals surface area contributed by atoms with Crippen molar-refractivity contribution in [2.45, 2.75) is 45.3 Å². The number of carbonyl (C=O) groups is 2. The molecule has 0 unspecified atom stereocenters. The van der Waals surface area contributed by atoms with Crippen LogP contribution in [0.15, 0.2) is 30.6 Å². The lowest BCUT2D eigenvalue weighted by Crippen LogP contribution is -2.46. The van der Waals surface area contributed by atoms with E-state index in [1.807, 2.05) is 32.2 Å². The van der Waals surface area contributed by atoms with Crippen LogP contribution in [0, 0.1) is 0 Å². The predicted molar refractivity (Wildman–Crippen MR) is 128 cm³/mol. The van der Waals surface area contributed by atoms with Gasteiger partial charge in [-0.05, 0) is 50.5 Å². The van der Waals surface area contributed by atoms with Crippen LogP contribution < -0.4 is 20.4 Å². The normalized spacial score (nSPS) is 20.5. The highest BCUT2D eigenvalue weighted by molar-refractivity contribution is 6.03. The van der Waals surface area contributed by atoms with Crippen LogP contribution in [0.25, 0.3) is 0 Å². The molecule has 5 heterocycles. The lowest BCUT2D eigenvalue weighted by molar-refractivity contribution is -0.117. The molecule has 5 rings (SSSR count). The number of nitrogens with zero attached hydrogens (tertiary/aromatic N) is 5. The van der Waals surface area contributed by atoms with E-state index in [9.17, 15) is 9.59 Å². The summed E-state index contributed by atoms with van der Waals surface area (Å²) in [6.07, 6.45) is 5.54. The maximum atomic E-state index is 12.4. The Morgan fingerprint density at radius 2 is 1.97 bits per heavy atom. The highest BCUT2D eigenvalue weighted by Gasteiger charge is 2.37. The van der Waals surface area contributed by atoms with Gasteiger partial charge in [0.1, 0.15) is 11.9 Å². The van der Waals surface area contributed by atoms with Crippen molar-refractivity contribution in [3.05, 3.63) is 41.7 Å². The van der Waals surface area contributed by atoms with Crippen molar-refractivity contribution in [1.29, 1.82) is 0 Å². The van der Waals surface area contributed by atoms with Crippen LogP contribution >= 0.6 is 0 Å². The van der Waals surface area contributed by atoms with Gasteiger partial charge in [-0.25, -0.2) is 9.97 Å². The van der Waals surface area contributed by atoms with Crippen molar-refractivity contribution in [1.82, 2.24) is 20.2 Å². The molecule has 2 aromatic rings. The van der Waals surface area contributed by atoms with Gasteiger partial charge in [-0.3, -0.25) is 14.5 Å². The van der Waals surface area contributed by atoms with Gasteiger partial charge in [0, 0.05) is 57.7 Å². The summed E-state index contributed by atoms with van der Waals surface area (Å²) in [7, 11) is 0. The highest BCUT2D eigenvalue weighted by Crippen LogP contribution is 2.35. The minimum absolute atomic E-state index is 0.0591. The maximum absolute atomic E-state index is 12.4. The number of amides is 2. The minimum atomic E-state index is -0.0935. The van der Waals surface area contributed by atoms with Crippen LogP contribution in [0.5, 0.6) is 0 Å². The molecule has 0 bridgehead atoms. The Morgan fingerprint density at radius 3 is 2.70 bits per heavy atom. The van der Waals surface area contributed by atoms with Crippen LogP contribution in [0.3, 0.4) is 0 Å². The van der Waals surface area contributed by atoms with Gasteiger partial charge >= 0.3 is 0 Å². The average Bonchev–Trinajstić information content (AvgIpc) is 3.30. The SMILES string of the molecule is CC(C)NC(=O)c1ccc(N2CCN(Cc3cnc4c(c3)NC(=O)[C@@H]3CCCN43)CC2)nc1. The molecule has 0 radical (unpaired) electrons.